The number of methoxy groups -OCH3 is 2. The Labute approximate surface area is 179 Å². The average molecular weight is 424 g/mol. The second kappa shape index (κ2) is 8.20. The van der Waals surface area contributed by atoms with E-state index in [0.29, 0.717) is 28.0 Å². The van der Waals surface area contributed by atoms with Gasteiger partial charge >= 0.3 is 0 Å². The van der Waals surface area contributed by atoms with Crippen molar-refractivity contribution in [2.75, 3.05) is 20.8 Å². The number of fused-ring (bicyclic) bond motifs is 1. The van der Waals surface area contributed by atoms with E-state index in [1.807, 2.05) is 74.5 Å². The monoisotopic (exact) mass is 423 g/mol. The van der Waals surface area contributed by atoms with E-state index in [1.165, 1.54) is 0 Å². The lowest BCUT2D eigenvalue weighted by atomic mass is 10.0. The highest BCUT2D eigenvalue weighted by molar-refractivity contribution is 7.85. The molecule has 0 unspecified atom stereocenters. The van der Waals surface area contributed by atoms with Gasteiger partial charge in [-0.15, -0.1) is 0 Å². The minimum atomic E-state index is -1.49. The van der Waals surface area contributed by atoms with Crippen LogP contribution in [0.1, 0.15) is 19.4 Å². The molecule has 0 saturated heterocycles. The van der Waals surface area contributed by atoms with Crippen LogP contribution in [-0.2, 0) is 20.3 Å². The first-order valence-corrected chi connectivity index (χ1v) is 10.9. The zero-order chi connectivity index (χ0) is 21.3. The molecule has 0 fully saturated rings. The zero-order valence-electron chi connectivity index (χ0n) is 17.5. The molecule has 5 nitrogen and oxygen atoms in total. The van der Waals surface area contributed by atoms with Crippen molar-refractivity contribution in [3.63, 3.8) is 0 Å². The van der Waals surface area contributed by atoms with Crippen LogP contribution in [0.5, 0.6) is 5.75 Å². The highest BCUT2D eigenvalue weighted by Gasteiger charge is 2.35. The third-order valence-corrected chi connectivity index (χ3v) is 7.09. The molecule has 1 heterocycles. The van der Waals surface area contributed by atoms with Gasteiger partial charge in [-0.2, -0.15) is 0 Å². The van der Waals surface area contributed by atoms with Gasteiger partial charge in [-0.25, -0.2) is 9.20 Å². The minimum Gasteiger partial charge on any atom is -0.495 e. The van der Waals surface area contributed by atoms with Crippen molar-refractivity contribution in [2.45, 2.75) is 35.3 Å². The van der Waals surface area contributed by atoms with Crippen LogP contribution in [0.2, 0.25) is 0 Å². The summed E-state index contributed by atoms with van der Waals surface area (Å²) in [6, 6.07) is 19.1. The van der Waals surface area contributed by atoms with Gasteiger partial charge in [0.25, 0.3) is 0 Å². The lowest BCUT2D eigenvalue weighted by Crippen LogP contribution is -2.37. The van der Waals surface area contributed by atoms with Crippen LogP contribution in [0.4, 0.5) is 0 Å². The van der Waals surface area contributed by atoms with E-state index < -0.39 is 16.4 Å². The number of aliphatic imine (C=N–C) groups is 1. The molecule has 3 aromatic rings. The van der Waals surface area contributed by atoms with Crippen LogP contribution in [0.25, 0.3) is 10.8 Å². The predicted molar refractivity (Wildman–Crippen MR) is 119 cm³/mol. The van der Waals surface area contributed by atoms with E-state index >= 15 is 0 Å². The fourth-order valence-electron chi connectivity index (χ4n) is 3.50. The normalized spacial score (nSPS) is 17.5. The maximum atomic E-state index is 13.8. The average Bonchev–Trinajstić information content (AvgIpc) is 3.29. The fourth-order valence-corrected chi connectivity index (χ4v) is 5.00. The summed E-state index contributed by atoms with van der Waals surface area (Å²) >= 11 is 0. The standard InChI is InChI=1S/C24H25NO4S/c1-24(2,28-4)21-15-29-23(25-21)18-11-7-8-12-20(18)30(26)22-17-10-6-5-9-16(17)13-14-19(22)27-3/h5-14,21H,15H2,1-4H3/t21-,30-/m1/s1. The van der Waals surface area contributed by atoms with Gasteiger partial charge in [0.2, 0.25) is 5.90 Å². The smallest absolute Gasteiger partial charge is 0.217 e. The Balaban J connectivity index is 1.82. The lowest BCUT2D eigenvalue weighted by Gasteiger charge is -2.26. The van der Waals surface area contributed by atoms with Crippen molar-refractivity contribution in [3.8, 4) is 5.75 Å². The summed E-state index contributed by atoms with van der Waals surface area (Å²) in [7, 11) is 1.77. The SMILES string of the molecule is COc1ccc2ccccc2c1[S@](=O)c1ccccc1C1=N[C@@H](C(C)(C)OC)CO1. The van der Waals surface area contributed by atoms with Crippen molar-refractivity contribution < 1.29 is 18.4 Å². The van der Waals surface area contributed by atoms with Crippen LogP contribution in [0, 0.1) is 0 Å². The van der Waals surface area contributed by atoms with Crippen LogP contribution in [0.3, 0.4) is 0 Å². The van der Waals surface area contributed by atoms with Crippen molar-refractivity contribution >= 4 is 27.5 Å². The van der Waals surface area contributed by atoms with E-state index in [-0.39, 0.29) is 6.04 Å². The maximum absolute atomic E-state index is 13.8. The lowest BCUT2D eigenvalue weighted by molar-refractivity contribution is -0.00432. The van der Waals surface area contributed by atoms with E-state index in [2.05, 4.69) is 0 Å². The number of hydrogen-bond donors (Lipinski definition) is 0. The maximum Gasteiger partial charge on any atom is 0.217 e. The van der Waals surface area contributed by atoms with E-state index in [4.69, 9.17) is 19.2 Å². The Hall–Kier alpha value is -2.70. The molecule has 0 spiro atoms. The molecule has 0 bridgehead atoms. The topological polar surface area (TPSA) is 57.1 Å². The van der Waals surface area contributed by atoms with E-state index in [0.717, 1.165) is 16.3 Å². The van der Waals surface area contributed by atoms with E-state index in [1.54, 1.807) is 14.2 Å². The van der Waals surface area contributed by atoms with Gasteiger partial charge in [-0.1, -0.05) is 42.5 Å². The molecule has 30 heavy (non-hydrogen) atoms. The number of benzene rings is 3. The number of ether oxygens (including phenoxy) is 3. The molecule has 0 saturated carbocycles. The molecule has 0 amide bonds. The quantitative estimate of drug-likeness (QED) is 0.582. The molecule has 4 rings (SSSR count). The third-order valence-electron chi connectivity index (χ3n) is 5.55. The van der Waals surface area contributed by atoms with Crippen molar-refractivity contribution in [1.82, 2.24) is 0 Å². The highest BCUT2D eigenvalue weighted by Crippen LogP contribution is 2.35. The summed E-state index contributed by atoms with van der Waals surface area (Å²) in [5.74, 6) is 1.09. The van der Waals surface area contributed by atoms with E-state index in [9.17, 15) is 4.21 Å². The Morgan fingerprint density at radius 3 is 2.53 bits per heavy atom. The predicted octanol–water partition coefficient (Wildman–Crippen LogP) is 4.59. The summed E-state index contributed by atoms with van der Waals surface area (Å²) in [5, 5.41) is 1.91. The highest BCUT2D eigenvalue weighted by atomic mass is 32.2. The molecule has 0 aromatic heterocycles. The summed E-state index contributed by atoms with van der Waals surface area (Å²) < 4.78 is 30.9. The Morgan fingerprint density at radius 2 is 1.77 bits per heavy atom. The first kappa shape index (κ1) is 20.6. The van der Waals surface area contributed by atoms with Gasteiger partial charge in [-0.05, 0) is 37.4 Å². The summed E-state index contributed by atoms with van der Waals surface area (Å²) in [6.07, 6.45) is 0. The number of rotatable bonds is 6. The summed E-state index contributed by atoms with van der Waals surface area (Å²) in [5.41, 5.74) is 0.273. The molecule has 3 aromatic carbocycles. The van der Waals surface area contributed by atoms with Crippen LogP contribution >= 0.6 is 0 Å². The van der Waals surface area contributed by atoms with Crippen molar-refractivity contribution in [3.05, 3.63) is 66.2 Å². The number of nitrogens with zero attached hydrogens (tertiary/aromatic N) is 1. The Kier molecular flexibility index (Phi) is 5.62. The third kappa shape index (κ3) is 3.61. The molecule has 1 aliphatic heterocycles. The summed E-state index contributed by atoms with van der Waals surface area (Å²) in [4.78, 5) is 6.04. The number of hydrogen-bond acceptors (Lipinski definition) is 5. The molecule has 2 atom stereocenters. The van der Waals surface area contributed by atoms with Gasteiger partial charge in [0.1, 0.15) is 18.4 Å². The van der Waals surface area contributed by atoms with Crippen molar-refractivity contribution in [2.24, 2.45) is 4.99 Å². The molecular weight excluding hydrogens is 398 g/mol. The molecular formula is C24H25NO4S. The fraction of sp³-hybridized carbons (Fsp3) is 0.292. The first-order valence-electron chi connectivity index (χ1n) is 9.79. The largest absolute Gasteiger partial charge is 0.495 e. The minimum absolute atomic E-state index is 0.133. The van der Waals surface area contributed by atoms with Gasteiger partial charge in [0, 0.05) is 12.5 Å². The first-order chi connectivity index (χ1) is 14.5. The van der Waals surface area contributed by atoms with Gasteiger partial charge < -0.3 is 14.2 Å². The van der Waals surface area contributed by atoms with Crippen LogP contribution in [0.15, 0.2) is 75.4 Å². The molecule has 0 aliphatic carbocycles. The molecule has 156 valence electrons. The molecule has 6 heteroatoms. The van der Waals surface area contributed by atoms with Gasteiger partial charge in [0.05, 0.1) is 38.9 Å². The van der Waals surface area contributed by atoms with Gasteiger partial charge in [0.15, 0.2) is 0 Å². The second-order valence-electron chi connectivity index (χ2n) is 7.65. The van der Waals surface area contributed by atoms with Crippen LogP contribution < -0.4 is 4.74 Å². The molecule has 0 N–H and O–H groups in total. The zero-order valence-corrected chi connectivity index (χ0v) is 18.4. The summed E-state index contributed by atoms with van der Waals surface area (Å²) in [6.45, 7) is 4.39. The van der Waals surface area contributed by atoms with Gasteiger partial charge in [-0.3, -0.25) is 0 Å². The Bertz CT molecular complexity index is 1140. The second-order valence-corrected chi connectivity index (χ2v) is 9.04. The van der Waals surface area contributed by atoms with Crippen molar-refractivity contribution in [1.29, 1.82) is 0 Å². The Morgan fingerprint density at radius 1 is 1.03 bits per heavy atom. The molecule has 1 aliphatic rings. The van der Waals surface area contributed by atoms with Crippen LogP contribution in [-0.4, -0.2) is 42.6 Å². The molecule has 0 radical (unpaired) electrons.